The molecular formula is C15H12F3NO3S. The maximum absolute atomic E-state index is 13.5. The van der Waals surface area contributed by atoms with Crippen LogP contribution in [0.5, 0.6) is 0 Å². The van der Waals surface area contributed by atoms with Crippen molar-refractivity contribution in [1.82, 2.24) is 4.72 Å². The molecule has 2 aromatic rings. The largest absolute Gasteiger partial charge is 0.295 e. The van der Waals surface area contributed by atoms with Crippen LogP contribution < -0.4 is 4.72 Å². The highest BCUT2D eigenvalue weighted by atomic mass is 32.2. The molecule has 0 atom stereocenters. The molecule has 4 nitrogen and oxygen atoms in total. The predicted molar refractivity (Wildman–Crippen MR) is 76.8 cm³/mol. The van der Waals surface area contributed by atoms with Crippen LogP contribution in [0, 0.1) is 17.5 Å². The van der Waals surface area contributed by atoms with E-state index in [1.807, 2.05) is 0 Å². The van der Waals surface area contributed by atoms with Crippen molar-refractivity contribution < 1.29 is 26.4 Å². The summed E-state index contributed by atoms with van der Waals surface area (Å²) in [6.07, 6.45) is 0. The Balaban J connectivity index is 2.19. The van der Waals surface area contributed by atoms with Gasteiger partial charge in [-0.15, -0.1) is 0 Å². The molecule has 0 fully saturated rings. The van der Waals surface area contributed by atoms with E-state index in [1.165, 1.54) is 31.2 Å². The Kier molecular flexibility index (Phi) is 4.86. The van der Waals surface area contributed by atoms with Gasteiger partial charge < -0.3 is 0 Å². The Hall–Kier alpha value is -2.19. The summed E-state index contributed by atoms with van der Waals surface area (Å²) in [6.45, 7) is 0.799. The Labute approximate surface area is 131 Å². The number of nitrogens with one attached hydrogen (secondary N) is 1. The van der Waals surface area contributed by atoms with E-state index < -0.39 is 34.0 Å². The van der Waals surface area contributed by atoms with Gasteiger partial charge in [0, 0.05) is 17.7 Å². The van der Waals surface area contributed by atoms with E-state index in [2.05, 4.69) is 4.72 Å². The summed E-state index contributed by atoms with van der Waals surface area (Å²) in [4.78, 5) is 11.0. The lowest BCUT2D eigenvalue weighted by Crippen LogP contribution is -2.24. The van der Waals surface area contributed by atoms with E-state index in [0.717, 1.165) is 6.07 Å². The van der Waals surface area contributed by atoms with Crippen molar-refractivity contribution in [3.05, 3.63) is 65.0 Å². The first-order chi connectivity index (χ1) is 10.7. The van der Waals surface area contributed by atoms with Crippen LogP contribution in [0.4, 0.5) is 13.2 Å². The van der Waals surface area contributed by atoms with E-state index in [4.69, 9.17) is 0 Å². The van der Waals surface area contributed by atoms with Gasteiger partial charge in [0.2, 0.25) is 10.0 Å². The average molecular weight is 343 g/mol. The second-order valence-electron chi connectivity index (χ2n) is 4.74. The smallest absolute Gasteiger partial charge is 0.240 e. The summed E-state index contributed by atoms with van der Waals surface area (Å²) < 4.78 is 65.6. The summed E-state index contributed by atoms with van der Waals surface area (Å²) in [5, 5.41) is 0. The Morgan fingerprint density at radius 2 is 1.61 bits per heavy atom. The first-order valence-corrected chi connectivity index (χ1v) is 7.93. The zero-order valence-corrected chi connectivity index (χ0v) is 12.8. The average Bonchev–Trinajstić information content (AvgIpc) is 2.52. The number of ketones is 1. The normalized spacial score (nSPS) is 11.5. The second-order valence-corrected chi connectivity index (χ2v) is 6.51. The summed E-state index contributed by atoms with van der Waals surface area (Å²) in [7, 11) is -3.98. The van der Waals surface area contributed by atoms with E-state index >= 15 is 0 Å². The highest BCUT2D eigenvalue weighted by molar-refractivity contribution is 7.89. The number of hydrogen-bond donors (Lipinski definition) is 1. The van der Waals surface area contributed by atoms with Gasteiger partial charge in [0.15, 0.2) is 23.2 Å². The van der Waals surface area contributed by atoms with E-state index in [0.29, 0.717) is 11.6 Å². The predicted octanol–water partition coefficient (Wildman–Crippen LogP) is 2.79. The van der Waals surface area contributed by atoms with Crippen LogP contribution in [0.15, 0.2) is 41.3 Å². The lowest BCUT2D eigenvalue weighted by Gasteiger charge is -2.08. The monoisotopic (exact) mass is 343 g/mol. The van der Waals surface area contributed by atoms with Gasteiger partial charge in [-0.25, -0.2) is 26.3 Å². The molecular weight excluding hydrogens is 331 g/mol. The minimum Gasteiger partial charge on any atom is -0.295 e. The van der Waals surface area contributed by atoms with Gasteiger partial charge in [-0.1, -0.05) is 18.2 Å². The fraction of sp³-hybridized carbons (Fsp3) is 0.133. The SMILES string of the molecule is CC(=O)c1ccc(S(=O)(=O)NCc2ccc(F)c(F)c2F)cc1. The third-order valence-electron chi connectivity index (χ3n) is 3.14. The fourth-order valence-electron chi connectivity index (χ4n) is 1.83. The van der Waals surface area contributed by atoms with Crippen LogP contribution in [0.25, 0.3) is 0 Å². The van der Waals surface area contributed by atoms with Crippen molar-refractivity contribution in [1.29, 1.82) is 0 Å². The topological polar surface area (TPSA) is 63.2 Å². The van der Waals surface area contributed by atoms with Gasteiger partial charge in [-0.3, -0.25) is 4.79 Å². The van der Waals surface area contributed by atoms with Crippen molar-refractivity contribution in [2.75, 3.05) is 0 Å². The molecule has 2 aromatic carbocycles. The first-order valence-electron chi connectivity index (χ1n) is 6.45. The molecule has 0 heterocycles. The van der Waals surface area contributed by atoms with Crippen LogP contribution >= 0.6 is 0 Å². The molecule has 0 aliphatic carbocycles. The molecule has 0 bridgehead atoms. The lowest BCUT2D eigenvalue weighted by molar-refractivity contribution is 0.101. The fourth-order valence-corrected chi connectivity index (χ4v) is 2.83. The minimum atomic E-state index is -3.98. The number of rotatable bonds is 5. The van der Waals surface area contributed by atoms with E-state index in [1.54, 1.807) is 0 Å². The maximum atomic E-state index is 13.5. The van der Waals surface area contributed by atoms with Gasteiger partial charge in [0.05, 0.1) is 4.90 Å². The highest BCUT2D eigenvalue weighted by Crippen LogP contribution is 2.16. The van der Waals surface area contributed by atoms with Crippen LogP contribution in [0.3, 0.4) is 0 Å². The van der Waals surface area contributed by atoms with Crippen molar-refractivity contribution >= 4 is 15.8 Å². The Morgan fingerprint density at radius 1 is 1.00 bits per heavy atom. The number of carbonyl (C=O) groups is 1. The molecule has 0 saturated heterocycles. The molecule has 0 radical (unpaired) electrons. The van der Waals surface area contributed by atoms with Gasteiger partial charge in [-0.2, -0.15) is 0 Å². The lowest BCUT2D eigenvalue weighted by atomic mass is 10.2. The van der Waals surface area contributed by atoms with Crippen LogP contribution in [-0.2, 0) is 16.6 Å². The number of benzene rings is 2. The molecule has 2 rings (SSSR count). The molecule has 0 aliphatic rings. The third kappa shape index (κ3) is 3.77. The third-order valence-corrected chi connectivity index (χ3v) is 4.56. The molecule has 0 saturated carbocycles. The van der Waals surface area contributed by atoms with Crippen molar-refractivity contribution in [2.45, 2.75) is 18.4 Å². The molecule has 0 unspecified atom stereocenters. The number of carbonyl (C=O) groups excluding carboxylic acids is 1. The number of hydrogen-bond acceptors (Lipinski definition) is 3. The molecule has 0 aromatic heterocycles. The molecule has 0 aliphatic heterocycles. The van der Waals surface area contributed by atoms with Gasteiger partial charge in [0.25, 0.3) is 0 Å². The molecule has 0 spiro atoms. The van der Waals surface area contributed by atoms with Gasteiger partial charge >= 0.3 is 0 Å². The maximum Gasteiger partial charge on any atom is 0.240 e. The Bertz CT molecular complexity index is 849. The van der Waals surface area contributed by atoms with E-state index in [9.17, 15) is 26.4 Å². The molecule has 0 amide bonds. The second kappa shape index (κ2) is 6.51. The van der Waals surface area contributed by atoms with Crippen LogP contribution in [0.2, 0.25) is 0 Å². The zero-order chi connectivity index (χ0) is 17.2. The Morgan fingerprint density at radius 3 is 2.17 bits per heavy atom. The highest BCUT2D eigenvalue weighted by Gasteiger charge is 2.18. The van der Waals surface area contributed by atoms with Crippen molar-refractivity contribution in [3.8, 4) is 0 Å². The summed E-state index contributed by atoms with van der Waals surface area (Å²) in [6, 6.07) is 6.80. The quantitative estimate of drug-likeness (QED) is 0.671. The van der Waals surface area contributed by atoms with Crippen molar-refractivity contribution in [2.24, 2.45) is 0 Å². The van der Waals surface area contributed by atoms with E-state index in [-0.39, 0.29) is 16.2 Å². The van der Waals surface area contributed by atoms with Crippen molar-refractivity contribution in [3.63, 3.8) is 0 Å². The molecule has 23 heavy (non-hydrogen) atoms. The number of Topliss-reactive ketones (excluding diaryl/α,β-unsaturated/α-hetero) is 1. The van der Waals surface area contributed by atoms with Gasteiger partial charge in [-0.05, 0) is 25.1 Å². The summed E-state index contributed by atoms with van der Waals surface area (Å²) >= 11 is 0. The van der Waals surface area contributed by atoms with Crippen LogP contribution in [-0.4, -0.2) is 14.2 Å². The zero-order valence-electron chi connectivity index (χ0n) is 11.9. The summed E-state index contributed by atoms with van der Waals surface area (Å²) in [5.74, 6) is -4.67. The molecule has 122 valence electrons. The summed E-state index contributed by atoms with van der Waals surface area (Å²) in [5.41, 5.74) is 0.0171. The number of sulfonamides is 1. The standard InChI is InChI=1S/C15H12F3NO3S/c1-9(20)10-2-5-12(6-3-10)23(21,22)19-8-11-4-7-13(16)15(18)14(11)17/h2-7,19H,8H2,1H3. The number of halogens is 3. The molecule has 8 heteroatoms. The first kappa shape index (κ1) is 17.2. The minimum absolute atomic E-state index is 0.134. The van der Waals surface area contributed by atoms with Gasteiger partial charge in [0.1, 0.15) is 0 Å². The molecule has 1 N–H and O–H groups in total. The van der Waals surface area contributed by atoms with Crippen LogP contribution in [0.1, 0.15) is 22.8 Å².